The van der Waals surface area contributed by atoms with E-state index in [4.69, 9.17) is 0 Å². The Morgan fingerprint density at radius 3 is 3.00 bits per heavy atom. The molecule has 1 rings (SSSR count). The molecular weight excluding hydrogens is 194 g/mol. The van der Waals surface area contributed by atoms with Crippen LogP contribution in [0.15, 0.2) is 6.20 Å². The normalized spacial score (nSPS) is 10.8. The molecule has 0 aromatic carbocycles. The minimum atomic E-state index is 0.932. The third-order valence-corrected chi connectivity index (χ3v) is 2.87. The van der Waals surface area contributed by atoms with Crippen molar-refractivity contribution in [2.45, 2.75) is 26.9 Å². The molecule has 0 fully saturated rings. The van der Waals surface area contributed by atoms with Gasteiger partial charge in [0.1, 0.15) is 0 Å². The Morgan fingerprint density at radius 1 is 1.57 bits per heavy atom. The average molecular weight is 213 g/mol. The van der Waals surface area contributed by atoms with Gasteiger partial charge in [-0.25, -0.2) is 0 Å². The Bertz CT molecular complexity index is 245. The molecule has 0 radical (unpaired) electrons. The fourth-order valence-electron chi connectivity index (χ4n) is 1.32. The Kier molecular flexibility index (Phi) is 5.04. The third kappa shape index (κ3) is 3.03. The molecule has 0 unspecified atom stereocenters. The van der Waals surface area contributed by atoms with Gasteiger partial charge < -0.3 is 5.32 Å². The maximum Gasteiger partial charge on any atom is 0.0537 e. The van der Waals surface area contributed by atoms with Crippen LogP contribution < -0.4 is 5.32 Å². The standard InChI is InChI=1S/C10H19N3S/c1-4-11-7-10-8-12-13(9(10)2)5-6-14-3/h8,11H,4-7H2,1-3H3. The van der Waals surface area contributed by atoms with E-state index in [0.29, 0.717) is 0 Å². The van der Waals surface area contributed by atoms with Crippen LogP contribution in [0.2, 0.25) is 0 Å². The summed E-state index contributed by atoms with van der Waals surface area (Å²) in [5.41, 5.74) is 2.60. The fourth-order valence-corrected chi connectivity index (χ4v) is 1.68. The van der Waals surface area contributed by atoms with Gasteiger partial charge in [-0.3, -0.25) is 4.68 Å². The number of thioether (sulfide) groups is 1. The molecule has 0 aliphatic rings. The van der Waals surface area contributed by atoms with E-state index in [1.165, 1.54) is 11.3 Å². The fraction of sp³-hybridized carbons (Fsp3) is 0.700. The van der Waals surface area contributed by atoms with Crippen molar-refractivity contribution in [2.75, 3.05) is 18.6 Å². The lowest BCUT2D eigenvalue weighted by molar-refractivity contribution is 0.641. The molecule has 0 saturated heterocycles. The number of aryl methyl sites for hydroxylation is 1. The van der Waals surface area contributed by atoms with Crippen LogP contribution in [0.4, 0.5) is 0 Å². The van der Waals surface area contributed by atoms with Crippen molar-refractivity contribution in [2.24, 2.45) is 0 Å². The summed E-state index contributed by atoms with van der Waals surface area (Å²) >= 11 is 1.86. The summed E-state index contributed by atoms with van der Waals surface area (Å²) in [6.07, 6.45) is 4.09. The van der Waals surface area contributed by atoms with Gasteiger partial charge in [-0.2, -0.15) is 16.9 Å². The minimum absolute atomic E-state index is 0.932. The van der Waals surface area contributed by atoms with Crippen molar-refractivity contribution < 1.29 is 0 Å². The average Bonchev–Trinajstić information content (AvgIpc) is 2.54. The first-order valence-corrected chi connectivity index (χ1v) is 6.40. The molecule has 1 aromatic heterocycles. The van der Waals surface area contributed by atoms with Crippen LogP contribution in [-0.2, 0) is 13.1 Å². The highest BCUT2D eigenvalue weighted by atomic mass is 32.2. The van der Waals surface area contributed by atoms with Gasteiger partial charge in [-0.15, -0.1) is 0 Å². The maximum absolute atomic E-state index is 4.37. The largest absolute Gasteiger partial charge is 0.313 e. The predicted molar refractivity (Wildman–Crippen MR) is 62.7 cm³/mol. The summed E-state index contributed by atoms with van der Waals surface area (Å²) in [5, 5.41) is 7.69. The van der Waals surface area contributed by atoms with Gasteiger partial charge in [0.15, 0.2) is 0 Å². The second kappa shape index (κ2) is 6.09. The molecule has 0 bridgehead atoms. The Hall–Kier alpha value is -0.480. The van der Waals surface area contributed by atoms with Crippen LogP contribution >= 0.6 is 11.8 Å². The molecule has 0 amide bonds. The lowest BCUT2D eigenvalue weighted by Gasteiger charge is -2.04. The van der Waals surface area contributed by atoms with Crippen LogP contribution in [0.1, 0.15) is 18.2 Å². The Labute approximate surface area is 90.3 Å². The van der Waals surface area contributed by atoms with Crippen molar-refractivity contribution in [3.05, 3.63) is 17.5 Å². The van der Waals surface area contributed by atoms with Gasteiger partial charge in [0.05, 0.1) is 12.7 Å². The monoisotopic (exact) mass is 213 g/mol. The van der Waals surface area contributed by atoms with Crippen LogP contribution in [0.25, 0.3) is 0 Å². The van der Waals surface area contributed by atoms with Gasteiger partial charge in [0.2, 0.25) is 0 Å². The number of nitrogens with one attached hydrogen (secondary N) is 1. The smallest absolute Gasteiger partial charge is 0.0537 e. The van der Waals surface area contributed by atoms with E-state index in [0.717, 1.165) is 25.4 Å². The van der Waals surface area contributed by atoms with Gasteiger partial charge in [0, 0.05) is 23.6 Å². The number of rotatable bonds is 6. The molecule has 80 valence electrons. The zero-order chi connectivity index (χ0) is 10.4. The highest BCUT2D eigenvalue weighted by Gasteiger charge is 2.04. The number of hydrogen-bond acceptors (Lipinski definition) is 3. The van der Waals surface area contributed by atoms with E-state index in [2.05, 4.69) is 35.2 Å². The minimum Gasteiger partial charge on any atom is -0.313 e. The van der Waals surface area contributed by atoms with Crippen molar-refractivity contribution in [3.8, 4) is 0 Å². The summed E-state index contributed by atoms with van der Waals surface area (Å²) < 4.78 is 2.09. The van der Waals surface area contributed by atoms with Crippen LogP contribution in [-0.4, -0.2) is 28.3 Å². The van der Waals surface area contributed by atoms with Crippen LogP contribution in [0.5, 0.6) is 0 Å². The highest BCUT2D eigenvalue weighted by molar-refractivity contribution is 7.98. The molecule has 1 heterocycles. The first-order valence-electron chi connectivity index (χ1n) is 5.00. The molecule has 1 N–H and O–H groups in total. The van der Waals surface area contributed by atoms with E-state index >= 15 is 0 Å². The van der Waals surface area contributed by atoms with E-state index in [1.807, 2.05) is 18.0 Å². The van der Waals surface area contributed by atoms with Crippen molar-refractivity contribution in [3.63, 3.8) is 0 Å². The second-order valence-electron chi connectivity index (χ2n) is 3.25. The van der Waals surface area contributed by atoms with Gasteiger partial charge in [-0.05, 0) is 19.7 Å². The topological polar surface area (TPSA) is 29.9 Å². The molecule has 14 heavy (non-hydrogen) atoms. The first-order chi connectivity index (χ1) is 6.79. The number of hydrogen-bond donors (Lipinski definition) is 1. The van der Waals surface area contributed by atoms with Crippen LogP contribution in [0, 0.1) is 6.92 Å². The quantitative estimate of drug-likeness (QED) is 0.779. The third-order valence-electron chi connectivity index (χ3n) is 2.28. The zero-order valence-corrected chi connectivity index (χ0v) is 10.0. The highest BCUT2D eigenvalue weighted by Crippen LogP contribution is 2.07. The molecular formula is C10H19N3S. The summed E-state index contributed by atoms with van der Waals surface area (Å²) in [5.74, 6) is 1.13. The van der Waals surface area contributed by atoms with E-state index in [-0.39, 0.29) is 0 Å². The molecule has 0 atom stereocenters. The predicted octanol–water partition coefficient (Wildman–Crippen LogP) is 1.66. The molecule has 1 aromatic rings. The number of nitrogens with zero attached hydrogens (tertiary/aromatic N) is 2. The maximum atomic E-state index is 4.37. The molecule has 0 spiro atoms. The van der Waals surface area contributed by atoms with Crippen molar-refractivity contribution >= 4 is 11.8 Å². The lowest BCUT2D eigenvalue weighted by Crippen LogP contribution is -2.12. The Balaban J connectivity index is 2.55. The molecule has 0 aliphatic carbocycles. The lowest BCUT2D eigenvalue weighted by atomic mass is 10.2. The molecule has 4 heteroatoms. The van der Waals surface area contributed by atoms with E-state index < -0.39 is 0 Å². The van der Waals surface area contributed by atoms with Crippen molar-refractivity contribution in [1.29, 1.82) is 0 Å². The van der Waals surface area contributed by atoms with Gasteiger partial charge in [0.25, 0.3) is 0 Å². The van der Waals surface area contributed by atoms with Gasteiger partial charge >= 0.3 is 0 Å². The van der Waals surface area contributed by atoms with E-state index in [1.54, 1.807) is 0 Å². The van der Waals surface area contributed by atoms with Crippen LogP contribution in [0.3, 0.4) is 0 Å². The van der Waals surface area contributed by atoms with Gasteiger partial charge in [-0.1, -0.05) is 6.92 Å². The first kappa shape index (κ1) is 11.6. The summed E-state index contributed by atoms with van der Waals surface area (Å²) in [7, 11) is 0. The second-order valence-corrected chi connectivity index (χ2v) is 4.24. The molecule has 3 nitrogen and oxygen atoms in total. The summed E-state index contributed by atoms with van der Waals surface area (Å²) in [4.78, 5) is 0. The zero-order valence-electron chi connectivity index (χ0n) is 9.21. The van der Waals surface area contributed by atoms with E-state index in [9.17, 15) is 0 Å². The summed E-state index contributed by atoms with van der Waals surface area (Å²) in [6.45, 7) is 7.21. The Morgan fingerprint density at radius 2 is 2.36 bits per heavy atom. The van der Waals surface area contributed by atoms with Crippen molar-refractivity contribution in [1.82, 2.24) is 15.1 Å². The number of aromatic nitrogens is 2. The molecule has 0 saturated carbocycles. The SMILES string of the molecule is CCNCc1cnn(CCSC)c1C. The molecule has 0 aliphatic heterocycles. The summed E-state index contributed by atoms with van der Waals surface area (Å²) in [6, 6.07) is 0.